The van der Waals surface area contributed by atoms with Crippen molar-refractivity contribution in [2.75, 3.05) is 6.16 Å². The Bertz CT molecular complexity index is 799. The molecule has 0 aliphatic rings. The standard InChI is InChI=1S/C30H41P/c1-4-7-9-10-11-12-13-20-27-31(29-23-16-14-17-24-29,30-25-18-15-19-26-30)28(21-6-3)22-8-5-2/h5-6,8,14-19,21,23-26,31H,2,4,7,9-13,20,27H2,1,3H3/b21-6-. The van der Waals surface area contributed by atoms with Gasteiger partial charge >= 0.3 is 192 Å². The van der Waals surface area contributed by atoms with E-state index in [-0.39, 0.29) is 0 Å². The predicted octanol–water partition coefficient (Wildman–Crippen LogP) is 8.33. The fourth-order valence-corrected chi connectivity index (χ4v) is 9.39. The van der Waals surface area contributed by atoms with Crippen molar-refractivity contribution < 1.29 is 0 Å². The fraction of sp³-hybridized carbons (Fsp3) is 0.367. The molecule has 0 radical (unpaired) electrons. The molecular formula is C30H41P. The van der Waals surface area contributed by atoms with Crippen molar-refractivity contribution in [1.29, 1.82) is 0 Å². The summed E-state index contributed by atoms with van der Waals surface area (Å²) in [4.78, 5) is 0. The van der Waals surface area contributed by atoms with Crippen LogP contribution in [0.4, 0.5) is 0 Å². The first-order valence-electron chi connectivity index (χ1n) is 12.1. The first-order chi connectivity index (χ1) is 15.3. The molecule has 0 atom stereocenters. The molecule has 0 nitrogen and oxygen atoms in total. The quantitative estimate of drug-likeness (QED) is 0.122. The minimum atomic E-state index is -2.18. The third kappa shape index (κ3) is 7.50. The molecule has 0 N–H and O–H groups in total. The molecule has 0 heterocycles. The Morgan fingerprint density at radius 1 is 0.806 bits per heavy atom. The van der Waals surface area contributed by atoms with Crippen LogP contribution in [0, 0.1) is 0 Å². The van der Waals surface area contributed by atoms with Gasteiger partial charge in [-0.05, 0) is 0 Å². The van der Waals surface area contributed by atoms with Gasteiger partial charge in [0.15, 0.2) is 0 Å². The van der Waals surface area contributed by atoms with E-state index in [0.29, 0.717) is 0 Å². The van der Waals surface area contributed by atoms with E-state index in [9.17, 15) is 0 Å². The maximum atomic E-state index is 3.90. The third-order valence-electron chi connectivity index (χ3n) is 6.09. The molecule has 0 saturated heterocycles. The van der Waals surface area contributed by atoms with Gasteiger partial charge in [0, 0.05) is 0 Å². The summed E-state index contributed by atoms with van der Waals surface area (Å²) >= 11 is 0. The van der Waals surface area contributed by atoms with Gasteiger partial charge in [0.1, 0.15) is 0 Å². The summed E-state index contributed by atoms with van der Waals surface area (Å²) in [7, 11) is -2.18. The molecule has 0 bridgehead atoms. The molecule has 2 aromatic carbocycles. The molecule has 0 fully saturated rings. The zero-order chi connectivity index (χ0) is 22.2. The number of hydrogen-bond acceptors (Lipinski definition) is 0. The first kappa shape index (κ1) is 25.1. The van der Waals surface area contributed by atoms with E-state index < -0.39 is 7.26 Å². The van der Waals surface area contributed by atoms with E-state index in [4.69, 9.17) is 0 Å². The summed E-state index contributed by atoms with van der Waals surface area (Å²) in [5.74, 6) is 0. The fourth-order valence-electron chi connectivity index (χ4n) is 4.50. The molecule has 1 heteroatoms. The second-order valence-electron chi connectivity index (χ2n) is 8.32. The van der Waals surface area contributed by atoms with Gasteiger partial charge in [-0.3, -0.25) is 0 Å². The predicted molar refractivity (Wildman–Crippen MR) is 145 cm³/mol. The topological polar surface area (TPSA) is 0 Å². The van der Waals surface area contributed by atoms with Crippen molar-refractivity contribution >= 4 is 17.9 Å². The number of hydrogen-bond donors (Lipinski definition) is 0. The van der Waals surface area contributed by atoms with Gasteiger partial charge in [-0.2, -0.15) is 0 Å². The zero-order valence-electron chi connectivity index (χ0n) is 19.7. The summed E-state index contributed by atoms with van der Waals surface area (Å²) in [5.41, 5.74) is 3.63. The van der Waals surface area contributed by atoms with Crippen LogP contribution in [0.25, 0.3) is 0 Å². The van der Waals surface area contributed by atoms with Crippen LogP contribution < -0.4 is 10.6 Å². The van der Waals surface area contributed by atoms with Crippen LogP contribution in [0.3, 0.4) is 0 Å². The number of allylic oxidation sites excluding steroid dienone is 4. The van der Waals surface area contributed by atoms with Crippen LogP contribution in [-0.4, -0.2) is 6.16 Å². The van der Waals surface area contributed by atoms with E-state index in [2.05, 4.69) is 99.0 Å². The van der Waals surface area contributed by atoms with Crippen LogP contribution in [0.2, 0.25) is 0 Å². The molecule has 166 valence electrons. The molecule has 0 unspecified atom stereocenters. The van der Waals surface area contributed by atoms with E-state index in [1.165, 1.54) is 73.5 Å². The maximum absolute atomic E-state index is 3.90. The summed E-state index contributed by atoms with van der Waals surface area (Å²) in [5, 5.41) is 4.29. The van der Waals surface area contributed by atoms with Crippen molar-refractivity contribution in [3.8, 4) is 0 Å². The second-order valence-corrected chi connectivity index (χ2v) is 12.3. The van der Waals surface area contributed by atoms with Crippen LogP contribution >= 0.6 is 7.26 Å². The van der Waals surface area contributed by atoms with Crippen LogP contribution in [-0.2, 0) is 0 Å². The number of rotatable bonds is 14. The van der Waals surface area contributed by atoms with Crippen molar-refractivity contribution in [1.82, 2.24) is 0 Å². The second kappa shape index (κ2) is 14.8. The van der Waals surface area contributed by atoms with Gasteiger partial charge in [0.2, 0.25) is 0 Å². The van der Waals surface area contributed by atoms with Crippen LogP contribution in [0.1, 0.15) is 65.2 Å². The minimum absolute atomic E-state index is 1.22. The third-order valence-corrected chi connectivity index (χ3v) is 11.1. The molecule has 31 heavy (non-hydrogen) atoms. The van der Waals surface area contributed by atoms with Crippen molar-refractivity contribution in [3.63, 3.8) is 0 Å². The Morgan fingerprint density at radius 3 is 1.81 bits per heavy atom. The molecule has 0 amide bonds. The Morgan fingerprint density at radius 2 is 1.32 bits per heavy atom. The average molecular weight is 433 g/mol. The first-order valence-corrected chi connectivity index (χ1v) is 14.3. The van der Waals surface area contributed by atoms with Crippen LogP contribution in [0.5, 0.6) is 0 Å². The van der Waals surface area contributed by atoms with Crippen molar-refractivity contribution in [2.24, 2.45) is 0 Å². The van der Waals surface area contributed by atoms with E-state index >= 15 is 0 Å². The molecule has 0 aromatic heterocycles. The Labute approximate surface area is 191 Å². The molecule has 0 aliphatic heterocycles. The summed E-state index contributed by atoms with van der Waals surface area (Å²) < 4.78 is 0. The summed E-state index contributed by atoms with van der Waals surface area (Å²) in [6.45, 7) is 8.30. The van der Waals surface area contributed by atoms with Gasteiger partial charge in [0.25, 0.3) is 0 Å². The Kier molecular flexibility index (Phi) is 12.0. The number of unbranched alkanes of at least 4 members (excludes halogenated alkanes) is 7. The van der Waals surface area contributed by atoms with Crippen molar-refractivity contribution in [2.45, 2.75) is 65.2 Å². The summed E-state index contributed by atoms with van der Waals surface area (Å²) in [6.07, 6.45) is 20.3. The van der Waals surface area contributed by atoms with Crippen LogP contribution in [0.15, 0.2) is 103 Å². The molecular weight excluding hydrogens is 391 g/mol. The van der Waals surface area contributed by atoms with Gasteiger partial charge in [-0.15, -0.1) is 0 Å². The Balaban J connectivity index is 2.39. The van der Waals surface area contributed by atoms with Gasteiger partial charge in [-0.1, -0.05) is 0 Å². The zero-order valence-corrected chi connectivity index (χ0v) is 20.7. The monoisotopic (exact) mass is 432 g/mol. The SMILES string of the molecule is C=CC=C=C(/C=C\C)[PH](CCCCCCCCCC)(c1ccccc1)c1ccccc1. The molecule has 0 aliphatic carbocycles. The van der Waals surface area contributed by atoms with E-state index in [1.807, 2.05) is 12.2 Å². The van der Waals surface area contributed by atoms with Gasteiger partial charge in [0.05, 0.1) is 0 Å². The average Bonchev–Trinajstić information content (AvgIpc) is 2.82. The molecule has 0 saturated carbocycles. The summed E-state index contributed by atoms with van der Waals surface area (Å²) in [6, 6.07) is 22.4. The Hall–Kier alpha value is -2.13. The normalized spacial score (nSPS) is 11.8. The van der Waals surface area contributed by atoms with Crippen molar-refractivity contribution in [3.05, 3.63) is 103 Å². The van der Waals surface area contributed by atoms with Gasteiger partial charge in [-0.25, -0.2) is 0 Å². The van der Waals surface area contributed by atoms with E-state index in [1.54, 1.807) is 0 Å². The number of benzene rings is 2. The van der Waals surface area contributed by atoms with Gasteiger partial charge < -0.3 is 0 Å². The van der Waals surface area contributed by atoms with E-state index in [0.717, 1.165) is 0 Å². The molecule has 0 spiro atoms. The molecule has 2 aromatic rings. The molecule has 2 rings (SSSR count).